The zero-order valence-corrected chi connectivity index (χ0v) is 16.2. The van der Waals surface area contributed by atoms with Crippen LogP contribution >= 0.6 is 12.4 Å². The van der Waals surface area contributed by atoms with E-state index in [4.69, 9.17) is 4.74 Å². The molecule has 0 aromatic heterocycles. The van der Waals surface area contributed by atoms with Crippen molar-refractivity contribution in [2.24, 2.45) is 0 Å². The highest BCUT2D eigenvalue weighted by atomic mass is 35.5. The van der Waals surface area contributed by atoms with Crippen LogP contribution < -0.4 is 10.1 Å². The fraction of sp³-hybridized carbons (Fsp3) is 0.174. The van der Waals surface area contributed by atoms with E-state index >= 15 is 0 Å². The predicted octanol–water partition coefficient (Wildman–Crippen LogP) is 4.74. The molecule has 4 rings (SSSR count). The Hall–Kier alpha value is -2.69. The van der Waals surface area contributed by atoms with E-state index in [2.05, 4.69) is 17.4 Å². The van der Waals surface area contributed by atoms with Gasteiger partial charge in [0.15, 0.2) is 5.78 Å². The molecule has 0 radical (unpaired) electrons. The van der Waals surface area contributed by atoms with Gasteiger partial charge in [0.05, 0.1) is 6.04 Å². The van der Waals surface area contributed by atoms with Crippen molar-refractivity contribution >= 4 is 18.2 Å². The maximum atomic E-state index is 13.0. The summed E-state index contributed by atoms with van der Waals surface area (Å²) in [5.41, 5.74) is 3.50. The normalized spacial score (nSPS) is 17.5. The molecule has 1 aliphatic rings. The smallest absolute Gasteiger partial charge is 0.193 e. The Labute approximate surface area is 170 Å². The summed E-state index contributed by atoms with van der Waals surface area (Å²) in [5, 5.41) is 3.33. The molecule has 3 aromatic carbocycles. The lowest BCUT2D eigenvalue weighted by Gasteiger charge is -2.22. The van der Waals surface area contributed by atoms with E-state index in [0.29, 0.717) is 16.9 Å². The van der Waals surface area contributed by atoms with Crippen LogP contribution in [0, 0.1) is 5.82 Å². The number of fused-ring (bicyclic) bond motifs is 1. The third-order valence-electron chi connectivity index (χ3n) is 5.02. The highest BCUT2D eigenvalue weighted by molar-refractivity contribution is 6.09. The number of rotatable bonds is 5. The third-order valence-corrected chi connectivity index (χ3v) is 5.02. The van der Waals surface area contributed by atoms with Crippen LogP contribution in [-0.4, -0.2) is 18.9 Å². The van der Waals surface area contributed by atoms with Crippen molar-refractivity contribution in [3.8, 4) is 5.75 Å². The Morgan fingerprint density at radius 2 is 1.57 bits per heavy atom. The molecule has 5 heteroatoms. The zero-order valence-electron chi connectivity index (χ0n) is 15.4. The Balaban J connectivity index is 0.00000225. The first kappa shape index (κ1) is 20.1. The van der Waals surface area contributed by atoms with Crippen LogP contribution in [0.5, 0.6) is 5.75 Å². The topological polar surface area (TPSA) is 38.3 Å². The van der Waals surface area contributed by atoms with Gasteiger partial charge in [-0.15, -0.1) is 12.4 Å². The number of ketones is 1. The second-order valence-corrected chi connectivity index (χ2v) is 6.70. The van der Waals surface area contributed by atoms with Gasteiger partial charge in [-0.3, -0.25) is 4.79 Å². The fourth-order valence-corrected chi connectivity index (χ4v) is 3.56. The van der Waals surface area contributed by atoms with Crippen LogP contribution in [0.3, 0.4) is 0 Å². The van der Waals surface area contributed by atoms with Crippen LogP contribution in [0.4, 0.5) is 4.39 Å². The molecule has 2 unspecified atom stereocenters. The summed E-state index contributed by atoms with van der Waals surface area (Å²) in [6.45, 7) is 0. The number of carbonyl (C=O) groups is 1. The van der Waals surface area contributed by atoms with Gasteiger partial charge in [-0.25, -0.2) is 4.39 Å². The second kappa shape index (κ2) is 8.55. The minimum atomic E-state index is -0.355. The molecule has 0 saturated heterocycles. The monoisotopic (exact) mass is 397 g/mol. The summed E-state index contributed by atoms with van der Waals surface area (Å²) in [5.74, 6) is 0.222. The predicted molar refractivity (Wildman–Crippen MR) is 110 cm³/mol. The largest absolute Gasteiger partial charge is 0.484 e. The highest BCUT2D eigenvalue weighted by Crippen LogP contribution is 2.35. The number of likely N-dealkylation sites (N-methyl/N-ethyl adjacent to an activating group) is 1. The Kier molecular flexibility index (Phi) is 6.12. The van der Waals surface area contributed by atoms with E-state index in [0.717, 1.165) is 6.42 Å². The van der Waals surface area contributed by atoms with Gasteiger partial charge in [0.2, 0.25) is 0 Å². The van der Waals surface area contributed by atoms with Crippen LogP contribution in [0.1, 0.15) is 33.2 Å². The molecule has 0 heterocycles. The number of carbonyl (C=O) groups excluding carboxylic acids is 1. The number of benzene rings is 3. The van der Waals surface area contributed by atoms with E-state index in [1.807, 2.05) is 31.3 Å². The molecular weight excluding hydrogens is 377 g/mol. The summed E-state index contributed by atoms with van der Waals surface area (Å²) in [4.78, 5) is 12.5. The van der Waals surface area contributed by atoms with Crippen LogP contribution in [0.25, 0.3) is 0 Å². The van der Waals surface area contributed by atoms with Gasteiger partial charge in [-0.2, -0.15) is 0 Å². The SMILES string of the molecule is CNC1Cc2ccccc2C1Oc1ccc(C(=O)c2ccc(F)cc2)cc1.Cl. The Bertz CT molecular complexity index is 957. The number of ether oxygens (including phenoxy) is 1. The van der Waals surface area contributed by atoms with Crippen LogP contribution in [0.15, 0.2) is 72.8 Å². The fourth-order valence-electron chi connectivity index (χ4n) is 3.56. The Morgan fingerprint density at radius 3 is 2.21 bits per heavy atom. The van der Waals surface area contributed by atoms with E-state index < -0.39 is 0 Å². The van der Waals surface area contributed by atoms with E-state index in [1.165, 1.54) is 35.4 Å². The standard InChI is InChI=1S/C23H20FNO2.ClH/c1-25-21-14-17-4-2-3-5-20(17)23(21)27-19-12-8-16(9-13-19)22(26)15-6-10-18(24)11-7-15;/h2-13,21,23,25H,14H2,1H3;1H. The van der Waals surface area contributed by atoms with Crippen molar-refractivity contribution in [3.63, 3.8) is 0 Å². The van der Waals surface area contributed by atoms with Gasteiger partial charge in [0.1, 0.15) is 17.7 Å². The minimum Gasteiger partial charge on any atom is -0.484 e. The first-order chi connectivity index (χ1) is 13.2. The first-order valence-electron chi connectivity index (χ1n) is 8.98. The molecule has 0 spiro atoms. The summed E-state index contributed by atoms with van der Waals surface area (Å²) < 4.78 is 19.3. The minimum absolute atomic E-state index is 0. The molecule has 2 atom stereocenters. The number of hydrogen-bond donors (Lipinski definition) is 1. The van der Waals surface area contributed by atoms with E-state index in [9.17, 15) is 9.18 Å². The summed E-state index contributed by atoms with van der Waals surface area (Å²) in [6.07, 6.45) is 0.864. The first-order valence-corrected chi connectivity index (χ1v) is 8.98. The Morgan fingerprint density at radius 1 is 0.964 bits per heavy atom. The molecule has 3 nitrogen and oxygen atoms in total. The van der Waals surface area contributed by atoms with Gasteiger partial charge in [0.25, 0.3) is 0 Å². The molecule has 0 aliphatic heterocycles. The van der Waals surface area contributed by atoms with E-state index in [1.54, 1.807) is 12.1 Å². The molecule has 0 fully saturated rings. The number of hydrogen-bond acceptors (Lipinski definition) is 3. The van der Waals surface area contributed by atoms with Crippen molar-refractivity contribution in [1.29, 1.82) is 0 Å². The van der Waals surface area contributed by atoms with Gasteiger partial charge in [0, 0.05) is 11.1 Å². The maximum absolute atomic E-state index is 13.0. The molecule has 0 saturated carbocycles. The lowest BCUT2D eigenvalue weighted by molar-refractivity contribution is 0.103. The number of nitrogens with one attached hydrogen (secondary N) is 1. The second-order valence-electron chi connectivity index (χ2n) is 6.70. The van der Waals surface area contributed by atoms with Crippen LogP contribution in [-0.2, 0) is 6.42 Å². The number of halogens is 2. The lowest BCUT2D eigenvalue weighted by atomic mass is 10.0. The molecule has 1 aliphatic carbocycles. The molecule has 144 valence electrons. The molecular formula is C23H21ClFNO2. The van der Waals surface area contributed by atoms with Crippen molar-refractivity contribution < 1.29 is 13.9 Å². The quantitative estimate of drug-likeness (QED) is 0.632. The molecule has 0 amide bonds. The average molecular weight is 398 g/mol. The summed E-state index contributed by atoms with van der Waals surface area (Å²) in [6, 6.07) is 21.2. The van der Waals surface area contributed by atoms with Crippen molar-refractivity contribution in [2.75, 3.05) is 7.05 Å². The molecule has 0 bridgehead atoms. The lowest BCUT2D eigenvalue weighted by Crippen LogP contribution is -2.32. The zero-order chi connectivity index (χ0) is 18.8. The van der Waals surface area contributed by atoms with Crippen molar-refractivity contribution in [2.45, 2.75) is 18.6 Å². The highest BCUT2D eigenvalue weighted by Gasteiger charge is 2.32. The third kappa shape index (κ3) is 3.93. The van der Waals surface area contributed by atoms with Crippen molar-refractivity contribution in [1.82, 2.24) is 5.32 Å². The van der Waals surface area contributed by atoms with Crippen molar-refractivity contribution in [3.05, 3.63) is 101 Å². The van der Waals surface area contributed by atoms with Gasteiger partial charge < -0.3 is 10.1 Å². The van der Waals surface area contributed by atoms with Gasteiger partial charge in [-0.1, -0.05) is 24.3 Å². The molecule has 1 N–H and O–H groups in total. The molecule has 3 aromatic rings. The summed E-state index contributed by atoms with van der Waals surface area (Å²) >= 11 is 0. The average Bonchev–Trinajstić information content (AvgIpc) is 3.06. The van der Waals surface area contributed by atoms with Gasteiger partial charge >= 0.3 is 0 Å². The van der Waals surface area contributed by atoms with Gasteiger partial charge in [-0.05, 0) is 73.1 Å². The summed E-state index contributed by atoms with van der Waals surface area (Å²) in [7, 11) is 1.94. The maximum Gasteiger partial charge on any atom is 0.193 e. The molecule has 28 heavy (non-hydrogen) atoms. The van der Waals surface area contributed by atoms with E-state index in [-0.39, 0.29) is 36.2 Å². The van der Waals surface area contributed by atoms with Crippen LogP contribution in [0.2, 0.25) is 0 Å².